The minimum absolute atomic E-state index is 0.00776. The minimum Gasteiger partial charge on any atom is -0.507 e. The third kappa shape index (κ3) is 4.28. The molecule has 6 nitrogen and oxygen atoms in total. The van der Waals surface area contributed by atoms with Crippen LogP contribution in [-0.2, 0) is 15.0 Å². The molecule has 1 N–H and O–H groups in total. The summed E-state index contributed by atoms with van der Waals surface area (Å²) < 4.78 is 11.1. The number of anilines is 1. The molecule has 180 valence electrons. The van der Waals surface area contributed by atoms with Gasteiger partial charge >= 0.3 is 0 Å². The number of nitrogens with zero attached hydrogens (tertiary/aromatic N) is 1. The second kappa shape index (κ2) is 9.29. The first-order chi connectivity index (χ1) is 16.7. The summed E-state index contributed by atoms with van der Waals surface area (Å²) in [5, 5.41) is 11.5. The number of amides is 1. The Morgan fingerprint density at radius 1 is 0.857 bits per heavy atom. The number of aliphatic hydroxyl groups is 1. The van der Waals surface area contributed by atoms with E-state index in [1.165, 1.54) is 12.0 Å². The summed E-state index contributed by atoms with van der Waals surface area (Å²) in [4.78, 5) is 28.2. The van der Waals surface area contributed by atoms with E-state index in [9.17, 15) is 14.7 Å². The first-order valence-electron chi connectivity index (χ1n) is 11.4. The SMILES string of the molecule is COc1ccccc1C1/C(=C(\O)c2ccc(OC)c(C(C)(C)C)c2)C(=O)C(=O)N1c1ccccc1. The van der Waals surface area contributed by atoms with E-state index in [4.69, 9.17) is 9.47 Å². The molecule has 6 heteroatoms. The van der Waals surface area contributed by atoms with Crippen molar-refractivity contribution in [2.75, 3.05) is 19.1 Å². The number of ether oxygens (including phenoxy) is 2. The molecular weight excluding hydrogens is 442 g/mol. The van der Waals surface area contributed by atoms with Gasteiger partial charge in [0.15, 0.2) is 0 Å². The summed E-state index contributed by atoms with van der Waals surface area (Å²) in [7, 11) is 3.13. The second-order valence-electron chi connectivity index (χ2n) is 9.41. The predicted octanol–water partition coefficient (Wildman–Crippen LogP) is 5.63. The van der Waals surface area contributed by atoms with Crippen LogP contribution in [0.5, 0.6) is 11.5 Å². The lowest BCUT2D eigenvalue weighted by molar-refractivity contribution is -0.132. The Kier molecular flexibility index (Phi) is 6.39. The van der Waals surface area contributed by atoms with Crippen LogP contribution >= 0.6 is 0 Å². The lowest BCUT2D eigenvalue weighted by atomic mass is 9.84. The minimum atomic E-state index is -0.867. The van der Waals surface area contributed by atoms with Crippen LogP contribution in [0.1, 0.15) is 43.5 Å². The van der Waals surface area contributed by atoms with Crippen molar-refractivity contribution in [3.05, 3.63) is 95.1 Å². The van der Waals surface area contributed by atoms with E-state index in [-0.39, 0.29) is 16.7 Å². The van der Waals surface area contributed by atoms with Gasteiger partial charge in [0.25, 0.3) is 11.7 Å². The zero-order chi connectivity index (χ0) is 25.3. The number of aliphatic hydroxyl groups excluding tert-OH is 1. The number of Topliss-reactive ketones (excluding diaryl/α,β-unsaturated/α-hetero) is 1. The summed E-state index contributed by atoms with van der Waals surface area (Å²) in [6, 6.07) is 20.6. The normalized spacial score (nSPS) is 17.5. The quantitative estimate of drug-likeness (QED) is 0.297. The van der Waals surface area contributed by atoms with Crippen LogP contribution < -0.4 is 14.4 Å². The van der Waals surface area contributed by atoms with Crippen LogP contribution in [-0.4, -0.2) is 31.0 Å². The third-order valence-corrected chi connectivity index (χ3v) is 6.19. The van der Waals surface area contributed by atoms with E-state index < -0.39 is 17.7 Å². The van der Waals surface area contributed by atoms with Crippen molar-refractivity contribution in [3.63, 3.8) is 0 Å². The molecule has 1 heterocycles. The fraction of sp³-hybridized carbons (Fsp3) is 0.241. The number of carbonyl (C=O) groups excluding carboxylic acids is 2. The summed E-state index contributed by atoms with van der Waals surface area (Å²) in [5.74, 6) is -0.518. The Morgan fingerprint density at radius 2 is 1.49 bits per heavy atom. The molecule has 1 fully saturated rings. The fourth-order valence-corrected chi connectivity index (χ4v) is 4.47. The summed E-state index contributed by atoms with van der Waals surface area (Å²) >= 11 is 0. The Morgan fingerprint density at radius 3 is 2.11 bits per heavy atom. The maximum atomic E-state index is 13.4. The van der Waals surface area contributed by atoms with Crippen molar-refractivity contribution in [2.24, 2.45) is 0 Å². The molecule has 4 rings (SSSR count). The highest BCUT2D eigenvalue weighted by Gasteiger charge is 2.48. The number of hydrogen-bond donors (Lipinski definition) is 1. The number of rotatable bonds is 5. The smallest absolute Gasteiger partial charge is 0.300 e. The maximum absolute atomic E-state index is 13.4. The molecule has 1 aliphatic heterocycles. The molecule has 1 atom stereocenters. The van der Waals surface area contributed by atoms with E-state index in [1.807, 2.05) is 45.0 Å². The van der Waals surface area contributed by atoms with Crippen molar-refractivity contribution in [1.29, 1.82) is 0 Å². The molecule has 0 spiro atoms. The van der Waals surface area contributed by atoms with Gasteiger partial charge in [-0.2, -0.15) is 0 Å². The van der Waals surface area contributed by atoms with Crippen LogP contribution in [0.3, 0.4) is 0 Å². The number of carbonyl (C=O) groups is 2. The van der Waals surface area contributed by atoms with Gasteiger partial charge in [0, 0.05) is 22.4 Å². The average Bonchev–Trinajstić information content (AvgIpc) is 3.13. The van der Waals surface area contributed by atoms with Crippen LogP contribution in [0.4, 0.5) is 5.69 Å². The number of benzene rings is 3. The molecule has 1 amide bonds. The van der Waals surface area contributed by atoms with Crippen LogP contribution in [0, 0.1) is 0 Å². The molecular formula is C29H29NO5. The van der Waals surface area contributed by atoms with Gasteiger partial charge in [-0.15, -0.1) is 0 Å². The zero-order valence-corrected chi connectivity index (χ0v) is 20.5. The lowest BCUT2D eigenvalue weighted by Gasteiger charge is -2.27. The highest BCUT2D eigenvalue weighted by molar-refractivity contribution is 6.51. The second-order valence-corrected chi connectivity index (χ2v) is 9.41. The molecule has 1 saturated heterocycles. The van der Waals surface area contributed by atoms with Gasteiger partial charge in [-0.3, -0.25) is 14.5 Å². The predicted molar refractivity (Wildman–Crippen MR) is 136 cm³/mol. The van der Waals surface area contributed by atoms with Crippen LogP contribution in [0.15, 0.2) is 78.4 Å². The van der Waals surface area contributed by atoms with Gasteiger partial charge in [-0.25, -0.2) is 0 Å². The number of para-hydroxylation sites is 2. The zero-order valence-electron chi connectivity index (χ0n) is 20.5. The molecule has 0 aliphatic carbocycles. The van der Waals surface area contributed by atoms with Gasteiger partial charge in [0.05, 0.1) is 25.8 Å². The third-order valence-electron chi connectivity index (χ3n) is 6.19. The summed E-state index contributed by atoms with van der Waals surface area (Å²) in [5.41, 5.74) is 2.18. The molecule has 35 heavy (non-hydrogen) atoms. The summed E-state index contributed by atoms with van der Waals surface area (Å²) in [6.07, 6.45) is 0. The molecule has 3 aromatic rings. The Hall–Kier alpha value is -4.06. The van der Waals surface area contributed by atoms with Crippen molar-refractivity contribution in [1.82, 2.24) is 0 Å². The molecule has 1 unspecified atom stereocenters. The Bertz CT molecular complexity index is 1300. The van der Waals surface area contributed by atoms with Gasteiger partial charge in [0.1, 0.15) is 17.3 Å². The van der Waals surface area contributed by atoms with Gasteiger partial charge < -0.3 is 14.6 Å². The molecule has 0 aromatic heterocycles. The van der Waals surface area contributed by atoms with Crippen molar-refractivity contribution in [3.8, 4) is 11.5 Å². The largest absolute Gasteiger partial charge is 0.507 e. The lowest BCUT2D eigenvalue weighted by Crippen LogP contribution is -2.29. The Balaban J connectivity index is 1.99. The maximum Gasteiger partial charge on any atom is 0.300 e. The van der Waals surface area contributed by atoms with E-state index in [2.05, 4.69) is 0 Å². The Labute approximate surface area is 205 Å². The number of methoxy groups -OCH3 is 2. The molecule has 0 saturated carbocycles. The van der Waals surface area contributed by atoms with Crippen molar-refractivity contribution >= 4 is 23.1 Å². The first-order valence-corrected chi connectivity index (χ1v) is 11.4. The summed E-state index contributed by atoms with van der Waals surface area (Å²) in [6.45, 7) is 6.12. The van der Waals surface area contributed by atoms with E-state index in [1.54, 1.807) is 55.6 Å². The number of hydrogen-bond acceptors (Lipinski definition) is 5. The van der Waals surface area contributed by atoms with Crippen molar-refractivity contribution in [2.45, 2.75) is 32.2 Å². The van der Waals surface area contributed by atoms with E-state index in [0.29, 0.717) is 28.3 Å². The molecule has 0 radical (unpaired) electrons. The molecule has 3 aromatic carbocycles. The van der Waals surface area contributed by atoms with Crippen molar-refractivity contribution < 1.29 is 24.2 Å². The van der Waals surface area contributed by atoms with E-state index in [0.717, 1.165) is 5.56 Å². The van der Waals surface area contributed by atoms with Crippen LogP contribution in [0.25, 0.3) is 5.76 Å². The van der Waals surface area contributed by atoms with Gasteiger partial charge in [-0.1, -0.05) is 57.2 Å². The highest BCUT2D eigenvalue weighted by Crippen LogP contribution is 2.45. The fourth-order valence-electron chi connectivity index (χ4n) is 4.47. The van der Waals surface area contributed by atoms with Gasteiger partial charge in [0.2, 0.25) is 0 Å². The average molecular weight is 472 g/mol. The molecule has 1 aliphatic rings. The topological polar surface area (TPSA) is 76.1 Å². The first kappa shape index (κ1) is 24.1. The van der Waals surface area contributed by atoms with Crippen LogP contribution in [0.2, 0.25) is 0 Å². The monoisotopic (exact) mass is 471 g/mol. The molecule has 0 bridgehead atoms. The van der Waals surface area contributed by atoms with E-state index >= 15 is 0 Å². The standard InChI is InChI=1S/C29H29NO5/c1-29(2,3)21-17-18(15-16-23(21)35-5)26(31)24-25(20-13-9-10-14-22(20)34-4)30(28(33)27(24)32)19-11-7-6-8-12-19/h6-17,25,31H,1-5H3/b26-24+. The number of ketones is 1. The van der Waals surface area contributed by atoms with Gasteiger partial charge in [-0.05, 0) is 41.8 Å². The highest BCUT2D eigenvalue weighted by atomic mass is 16.5.